The number of furan rings is 1. The first-order valence-corrected chi connectivity index (χ1v) is 8.89. The number of hydrogen-bond acceptors (Lipinski definition) is 3. The molecule has 3 aliphatic rings. The van der Waals surface area contributed by atoms with E-state index in [0.717, 1.165) is 36.7 Å². The summed E-state index contributed by atoms with van der Waals surface area (Å²) >= 11 is 0. The average Bonchev–Trinajstić information content (AvgIpc) is 3.25. The molecule has 0 bridgehead atoms. The summed E-state index contributed by atoms with van der Waals surface area (Å²) in [5.74, 6) is 3.13. The third kappa shape index (κ3) is 3.51. The lowest BCUT2D eigenvalue weighted by molar-refractivity contribution is 0.0774. The van der Waals surface area contributed by atoms with Gasteiger partial charge in [0.05, 0.1) is 12.8 Å². The number of fused-ring (bicyclic) bond motifs is 1. The minimum atomic E-state index is 0.772. The van der Waals surface area contributed by atoms with Gasteiger partial charge in [-0.15, -0.1) is 0 Å². The molecule has 3 fully saturated rings. The van der Waals surface area contributed by atoms with Gasteiger partial charge in [-0.05, 0) is 50.1 Å². The Labute approximate surface area is 128 Å². The van der Waals surface area contributed by atoms with Gasteiger partial charge in [0.15, 0.2) is 0 Å². The first-order valence-electron chi connectivity index (χ1n) is 8.89. The van der Waals surface area contributed by atoms with E-state index < -0.39 is 0 Å². The van der Waals surface area contributed by atoms with Crippen LogP contribution in [0.2, 0.25) is 0 Å². The second kappa shape index (κ2) is 6.13. The van der Waals surface area contributed by atoms with Crippen molar-refractivity contribution in [1.82, 2.24) is 10.2 Å². The molecule has 2 unspecified atom stereocenters. The first kappa shape index (κ1) is 13.8. The molecule has 0 spiro atoms. The summed E-state index contributed by atoms with van der Waals surface area (Å²) < 4.78 is 5.77. The molecule has 116 valence electrons. The number of likely N-dealkylation sites (tertiary alicyclic amines) is 1. The molecule has 4 rings (SSSR count). The van der Waals surface area contributed by atoms with Gasteiger partial charge in [-0.25, -0.2) is 0 Å². The van der Waals surface area contributed by atoms with Crippen LogP contribution in [0.5, 0.6) is 0 Å². The fourth-order valence-corrected chi connectivity index (χ4v) is 4.19. The zero-order valence-corrected chi connectivity index (χ0v) is 13.0. The van der Waals surface area contributed by atoms with E-state index in [1.807, 2.05) is 6.26 Å². The number of nitrogens with one attached hydrogen (secondary N) is 1. The first-order chi connectivity index (χ1) is 10.4. The Bertz CT molecular complexity index is 466. The van der Waals surface area contributed by atoms with Crippen LogP contribution in [0.4, 0.5) is 0 Å². The van der Waals surface area contributed by atoms with Crippen LogP contribution in [0.25, 0.3) is 0 Å². The van der Waals surface area contributed by atoms with E-state index in [0.29, 0.717) is 0 Å². The van der Waals surface area contributed by atoms with Gasteiger partial charge < -0.3 is 9.73 Å². The van der Waals surface area contributed by atoms with E-state index in [-0.39, 0.29) is 0 Å². The molecule has 2 saturated carbocycles. The molecule has 1 N–H and O–H groups in total. The van der Waals surface area contributed by atoms with Crippen molar-refractivity contribution in [3.8, 4) is 0 Å². The molecule has 3 nitrogen and oxygen atoms in total. The molecule has 1 saturated heterocycles. The van der Waals surface area contributed by atoms with Crippen LogP contribution in [0.1, 0.15) is 56.3 Å². The van der Waals surface area contributed by atoms with Gasteiger partial charge in [0, 0.05) is 24.7 Å². The van der Waals surface area contributed by atoms with Gasteiger partial charge >= 0.3 is 0 Å². The molecule has 2 heterocycles. The third-order valence-electron chi connectivity index (χ3n) is 5.64. The van der Waals surface area contributed by atoms with Crippen molar-refractivity contribution in [3.05, 3.63) is 23.7 Å². The maximum atomic E-state index is 5.77. The van der Waals surface area contributed by atoms with Gasteiger partial charge in [0.1, 0.15) is 5.76 Å². The van der Waals surface area contributed by atoms with Crippen molar-refractivity contribution < 1.29 is 4.42 Å². The molecular formula is C18H28N2O. The molecule has 2 aliphatic carbocycles. The molecule has 1 aromatic heterocycles. The summed E-state index contributed by atoms with van der Waals surface area (Å²) in [7, 11) is 0. The smallest absolute Gasteiger partial charge is 0.118 e. The number of nitrogens with zero attached hydrogens (tertiary/aromatic N) is 1. The maximum absolute atomic E-state index is 5.77. The largest absolute Gasteiger partial charge is 0.468 e. The fourth-order valence-electron chi connectivity index (χ4n) is 4.19. The van der Waals surface area contributed by atoms with E-state index in [4.69, 9.17) is 4.42 Å². The van der Waals surface area contributed by atoms with E-state index in [2.05, 4.69) is 16.3 Å². The Morgan fingerprint density at radius 3 is 2.81 bits per heavy atom. The van der Waals surface area contributed by atoms with Crippen LogP contribution in [0, 0.1) is 11.8 Å². The normalized spacial score (nSPS) is 30.3. The van der Waals surface area contributed by atoms with Gasteiger partial charge in [-0.3, -0.25) is 4.90 Å². The van der Waals surface area contributed by atoms with E-state index in [1.54, 1.807) is 0 Å². The molecular weight excluding hydrogens is 260 g/mol. The second-order valence-electron chi connectivity index (χ2n) is 7.40. The molecule has 0 aromatic carbocycles. The summed E-state index contributed by atoms with van der Waals surface area (Å²) in [4.78, 5) is 2.61. The highest BCUT2D eigenvalue weighted by atomic mass is 16.3. The quantitative estimate of drug-likeness (QED) is 0.898. The van der Waals surface area contributed by atoms with Gasteiger partial charge in [0.25, 0.3) is 0 Å². The van der Waals surface area contributed by atoms with Crippen molar-refractivity contribution in [3.63, 3.8) is 0 Å². The lowest BCUT2D eigenvalue weighted by atomic mass is 9.75. The lowest BCUT2D eigenvalue weighted by Gasteiger charge is -2.41. The standard InChI is InChI=1S/C18H28N2O/c1-2-4-16-11-20(8-7-15(16)3-1)12-18-9-14(13-21-18)10-19-17-5-6-17/h9,13,15-17,19H,1-8,10-12H2. The van der Waals surface area contributed by atoms with Crippen molar-refractivity contribution in [1.29, 1.82) is 0 Å². The van der Waals surface area contributed by atoms with Crippen LogP contribution in [-0.2, 0) is 13.1 Å². The summed E-state index contributed by atoms with van der Waals surface area (Å²) in [5.41, 5.74) is 1.31. The van der Waals surface area contributed by atoms with Gasteiger partial charge in [-0.1, -0.05) is 19.3 Å². The predicted molar refractivity (Wildman–Crippen MR) is 83.9 cm³/mol. The lowest BCUT2D eigenvalue weighted by Crippen LogP contribution is -2.41. The Hall–Kier alpha value is -0.800. The Morgan fingerprint density at radius 2 is 1.95 bits per heavy atom. The van der Waals surface area contributed by atoms with Crippen molar-refractivity contribution >= 4 is 0 Å². The van der Waals surface area contributed by atoms with Crippen LogP contribution in [0.15, 0.2) is 16.7 Å². The van der Waals surface area contributed by atoms with Crippen LogP contribution in [0.3, 0.4) is 0 Å². The second-order valence-corrected chi connectivity index (χ2v) is 7.40. The van der Waals surface area contributed by atoms with E-state index in [9.17, 15) is 0 Å². The van der Waals surface area contributed by atoms with Gasteiger partial charge in [0.2, 0.25) is 0 Å². The third-order valence-corrected chi connectivity index (χ3v) is 5.64. The minimum Gasteiger partial charge on any atom is -0.468 e. The summed E-state index contributed by atoms with van der Waals surface area (Å²) in [5, 5.41) is 3.55. The van der Waals surface area contributed by atoms with Crippen molar-refractivity contribution in [2.75, 3.05) is 13.1 Å². The predicted octanol–water partition coefficient (Wildman–Crippen LogP) is 3.54. The van der Waals surface area contributed by atoms with Crippen LogP contribution in [-0.4, -0.2) is 24.0 Å². The number of piperidine rings is 1. The van der Waals surface area contributed by atoms with Gasteiger partial charge in [-0.2, -0.15) is 0 Å². The molecule has 3 heteroatoms. The van der Waals surface area contributed by atoms with Crippen molar-refractivity contribution in [2.45, 2.75) is 64.1 Å². The van der Waals surface area contributed by atoms with Crippen molar-refractivity contribution in [2.24, 2.45) is 11.8 Å². The number of rotatable bonds is 5. The maximum Gasteiger partial charge on any atom is 0.118 e. The van der Waals surface area contributed by atoms with Crippen LogP contribution >= 0.6 is 0 Å². The summed E-state index contributed by atoms with van der Waals surface area (Å²) in [6.45, 7) is 4.53. The summed E-state index contributed by atoms with van der Waals surface area (Å²) in [6, 6.07) is 3.02. The highest BCUT2D eigenvalue weighted by Gasteiger charge is 2.31. The fraction of sp³-hybridized carbons (Fsp3) is 0.778. The molecule has 1 aromatic rings. The Morgan fingerprint density at radius 1 is 1.10 bits per heavy atom. The monoisotopic (exact) mass is 288 g/mol. The van der Waals surface area contributed by atoms with E-state index >= 15 is 0 Å². The Kier molecular flexibility index (Phi) is 4.04. The van der Waals surface area contributed by atoms with E-state index in [1.165, 1.54) is 63.6 Å². The molecule has 2 atom stereocenters. The highest BCUT2D eigenvalue weighted by molar-refractivity contribution is 5.13. The average molecular weight is 288 g/mol. The zero-order valence-electron chi connectivity index (χ0n) is 13.0. The SMILES string of the molecule is c1oc(CN2CCC3CCCCC3C2)cc1CNC1CC1. The minimum absolute atomic E-state index is 0.772. The zero-order chi connectivity index (χ0) is 14.1. The molecule has 0 radical (unpaired) electrons. The Balaban J connectivity index is 1.29. The number of hydrogen-bond donors (Lipinski definition) is 1. The molecule has 1 aliphatic heterocycles. The molecule has 0 amide bonds. The highest BCUT2D eigenvalue weighted by Crippen LogP contribution is 2.36. The topological polar surface area (TPSA) is 28.4 Å². The summed E-state index contributed by atoms with van der Waals surface area (Å²) in [6.07, 6.45) is 11.9. The van der Waals surface area contributed by atoms with Crippen LogP contribution < -0.4 is 5.32 Å². The molecule has 21 heavy (non-hydrogen) atoms.